The van der Waals surface area contributed by atoms with Crippen LogP contribution in [-0.4, -0.2) is 5.88 Å². The Labute approximate surface area is 138 Å². The lowest BCUT2D eigenvalue weighted by Crippen LogP contribution is -2.13. The van der Waals surface area contributed by atoms with Gasteiger partial charge in [-0.15, -0.1) is 11.6 Å². The van der Waals surface area contributed by atoms with Gasteiger partial charge in [-0.25, -0.2) is 0 Å². The summed E-state index contributed by atoms with van der Waals surface area (Å²) < 4.78 is 0. The van der Waals surface area contributed by atoms with E-state index in [4.69, 9.17) is 11.6 Å². The lowest BCUT2D eigenvalue weighted by molar-refractivity contribution is 0.804. The molecule has 0 aromatic heterocycles. The van der Waals surface area contributed by atoms with Crippen molar-refractivity contribution in [1.29, 1.82) is 0 Å². The van der Waals surface area contributed by atoms with Crippen molar-refractivity contribution in [3.05, 3.63) is 95.1 Å². The Kier molecular flexibility index (Phi) is 4.49. The van der Waals surface area contributed by atoms with E-state index >= 15 is 0 Å². The summed E-state index contributed by atoms with van der Waals surface area (Å²) in [6, 6.07) is 8.81. The minimum Gasteiger partial charge on any atom is -0.122 e. The van der Waals surface area contributed by atoms with Crippen LogP contribution in [0.5, 0.6) is 0 Å². The lowest BCUT2D eigenvalue weighted by atomic mass is 9.75. The van der Waals surface area contributed by atoms with Crippen molar-refractivity contribution in [3.8, 4) is 0 Å². The number of alkyl halides is 1. The molecule has 3 rings (SSSR count). The van der Waals surface area contributed by atoms with E-state index in [2.05, 4.69) is 62.1 Å². The van der Waals surface area contributed by atoms with Gasteiger partial charge >= 0.3 is 0 Å². The molecule has 2 aliphatic rings. The SMILES string of the molecule is C=C/C=C(\CCl)CC1=CC=CC2=CC1c1ccccc1C2C. The first kappa shape index (κ1) is 15.1. The van der Waals surface area contributed by atoms with Crippen molar-refractivity contribution in [2.75, 3.05) is 5.88 Å². The van der Waals surface area contributed by atoms with E-state index in [1.807, 2.05) is 12.2 Å². The third-order valence-electron chi connectivity index (χ3n) is 4.61. The maximum absolute atomic E-state index is 6.09. The molecule has 1 heteroatoms. The summed E-state index contributed by atoms with van der Waals surface area (Å²) >= 11 is 6.09. The summed E-state index contributed by atoms with van der Waals surface area (Å²) in [6.07, 6.45) is 13.9. The van der Waals surface area contributed by atoms with Crippen LogP contribution in [0.25, 0.3) is 0 Å². The summed E-state index contributed by atoms with van der Waals surface area (Å²) in [6.45, 7) is 6.08. The summed E-state index contributed by atoms with van der Waals surface area (Å²) in [5, 5.41) is 0. The average Bonchev–Trinajstić information content (AvgIpc) is 2.73. The van der Waals surface area contributed by atoms with Crippen LogP contribution in [0.2, 0.25) is 0 Å². The molecule has 1 aromatic rings. The third kappa shape index (κ3) is 2.76. The molecule has 0 N–H and O–H groups in total. The second-order valence-electron chi connectivity index (χ2n) is 5.97. The smallest absolute Gasteiger partial charge is 0.0439 e. The third-order valence-corrected chi connectivity index (χ3v) is 4.95. The van der Waals surface area contributed by atoms with Gasteiger partial charge in [0.25, 0.3) is 0 Å². The van der Waals surface area contributed by atoms with Gasteiger partial charge in [0, 0.05) is 17.7 Å². The molecule has 2 bridgehead atoms. The van der Waals surface area contributed by atoms with E-state index in [0.29, 0.717) is 17.7 Å². The fourth-order valence-corrected chi connectivity index (χ4v) is 3.62. The van der Waals surface area contributed by atoms with E-state index in [9.17, 15) is 0 Å². The molecule has 1 aromatic carbocycles. The maximum atomic E-state index is 6.09. The predicted molar refractivity (Wildman–Crippen MR) is 96.5 cm³/mol. The molecule has 0 nitrogen and oxygen atoms in total. The van der Waals surface area contributed by atoms with Crippen molar-refractivity contribution >= 4 is 11.6 Å². The first-order chi connectivity index (χ1) is 10.7. The Morgan fingerprint density at radius 2 is 2.05 bits per heavy atom. The van der Waals surface area contributed by atoms with Crippen molar-refractivity contribution in [1.82, 2.24) is 0 Å². The van der Waals surface area contributed by atoms with Crippen LogP contribution in [0.3, 0.4) is 0 Å². The lowest BCUT2D eigenvalue weighted by Gasteiger charge is -2.29. The molecule has 0 spiro atoms. The van der Waals surface area contributed by atoms with Crippen LogP contribution < -0.4 is 0 Å². The molecule has 0 aliphatic heterocycles. The fraction of sp³-hybridized carbons (Fsp3) is 0.238. The van der Waals surface area contributed by atoms with Gasteiger partial charge in [0.15, 0.2) is 0 Å². The average molecular weight is 309 g/mol. The van der Waals surface area contributed by atoms with Gasteiger partial charge in [-0.2, -0.15) is 0 Å². The van der Waals surface area contributed by atoms with Crippen LogP contribution in [0.15, 0.2) is 84.0 Å². The van der Waals surface area contributed by atoms with Gasteiger partial charge in [0.1, 0.15) is 0 Å². The van der Waals surface area contributed by atoms with Crippen LogP contribution in [0.1, 0.15) is 36.3 Å². The van der Waals surface area contributed by atoms with Gasteiger partial charge in [0.05, 0.1) is 0 Å². The second-order valence-corrected chi connectivity index (χ2v) is 6.23. The molecule has 22 heavy (non-hydrogen) atoms. The highest BCUT2D eigenvalue weighted by molar-refractivity contribution is 6.19. The zero-order valence-electron chi connectivity index (χ0n) is 12.9. The predicted octanol–water partition coefficient (Wildman–Crippen LogP) is 6.05. The largest absolute Gasteiger partial charge is 0.122 e. The van der Waals surface area contributed by atoms with E-state index in [0.717, 1.165) is 6.42 Å². The van der Waals surface area contributed by atoms with Crippen LogP contribution >= 0.6 is 11.6 Å². The van der Waals surface area contributed by atoms with E-state index in [1.54, 1.807) is 0 Å². The second kappa shape index (κ2) is 6.54. The highest BCUT2D eigenvalue weighted by atomic mass is 35.5. The van der Waals surface area contributed by atoms with Crippen molar-refractivity contribution in [2.24, 2.45) is 0 Å². The van der Waals surface area contributed by atoms with Gasteiger partial charge < -0.3 is 0 Å². The molecular formula is C21H21Cl. The molecule has 0 heterocycles. The molecular weight excluding hydrogens is 288 g/mol. The van der Waals surface area contributed by atoms with E-state index in [1.165, 1.54) is 27.8 Å². The van der Waals surface area contributed by atoms with Gasteiger partial charge in [-0.1, -0.05) is 85.4 Å². The summed E-state index contributed by atoms with van der Waals surface area (Å²) in [7, 11) is 0. The number of fused-ring (bicyclic) bond motifs is 3. The Balaban J connectivity index is 2.02. The topological polar surface area (TPSA) is 0 Å². The number of hydrogen-bond donors (Lipinski definition) is 0. The number of rotatable bonds is 4. The fourth-order valence-electron chi connectivity index (χ4n) is 3.44. The van der Waals surface area contributed by atoms with Crippen molar-refractivity contribution in [2.45, 2.75) is 25.2 Å². The number of allylic oxidation sites excluding steroid dienone is 9. The zero-order valence-corrected chi connectivity index (χ0v) is 13.7. The summed E-state index contributed by atoms with van der Waals surface area (Å²) in [4.78, 5) is 0. The Morgan fingerprint density at radius 1 is 1.27 bits per heavy atom. The molecule has 0 saturated heterocycles. The molecule has 0 saturated carbocycles. The normalized spacial score (nSPS) is 23.3. The molecule has 2 atom stereocenters. The molecule has 0 radical (unpaired) electrons. The molecule has 0 fully saturated rings. The van der Waals surface area contributed by atoms with Crippen LogP contribution in [0.4, 0.5) is 0 Å². The summed E-state index contributed by atoms with van der Waals surface area (Å²) in [5.41, 5.74) is 6.91. The first-order valence-electron chi connectivity index (χ1n) is 7.78. The Hall–Kier alpha value is -1.79. The maximum Gasteiger partial charge on any atom is 0.0439 e. The van der Waals surface area contributed by atoms with E-state index < -0.39 is 0 Å². The quantitative estimate of drug-likeness (QED) is 0.469. The molecule has 2 aliphatic carbocycles. The monoisotopic (exact) mass is 308 g/mol. The molecule has 2 unspecified atom stereocenters. The minimum atomic E-state index is 0.355. The number of hydrogen-bond acceptors (Lipinski definition) is 0. The molecule has 0 amide bonds. The Morgan fingerprint density at radius 3 is 2.77 bits per heavy atom. The number of benzene rings is 1. The van der Waals surface area contributed by atoms with Crippen molar-refractivity contribution in [3.63, 3.8) is 0 Å². The molecule has 112 valence electrons. The first-order valence-corrected chi connectivity index (χ1v) is 8.32. The zero-order chi connectivity index (χ0) is 15.5. The van der Waals surface area contributed by atoms with Crippen LogP contribution in [-0.2, 0) is 0 Å². The van der Waals surface area contributed by atoms with Gasteiger partial charge in [0.2, 0.25) is 0 Å². The van der Waals surface area contributed by atoms with Gasteiger partial charge in [-0.3, -0.25) is 0 Å². The van der Waals surface area contributed by atoms with Crippen LogP contribution in [0, 0.1) is 0 Å². The highest BCUT2D eigenvalue weighted by Crippen LogP contribution is 2.44. The number of halogens is 1. The highest BCUT2D eigenvalue weighted by Gasteiger charge is 2.27. The summed E-state index contributed by atoms with van der Waals surface area (Å²) in [5.74, 6) is 1.37. The minimum absolute atomic E-state index is 0.355. The van der Waals surface area contributed by atoms with Gasteiger partial charge in [-0.05, 0) is 23.1 Å². The van der Waals surface area contributed by atoms with E-state index in [-0.39, 0.29) is 0 Å². The van der Waals surface area contributed by atoms with Crippen molar-refractivity contribution < 1.29 is 0 Å². The Bertz CT molecular complexity index is 700. The standard InChI is InChI=1S/C21H21Cl/c1-3-7-16(14-22)12-18-9-6-8-17-13-21(18)20-11-5-4-10-19(20)15(17)2/h3-11,13,15,21H,1,12,14H2,2H3/b16-7-.